The van der Waals surface area contributed by atoms with Crippen molar-refractivity contribution in [3.05, 3.63) is 16.6 Å². The summed E-state index contributed by atoms with van der Waals surface area (Å²) in [6, 6.07) is 0. The van der Waals surface area contributed by atoms with Crippen molar-refractivity contribution in [3.63, 3.8) is 0 Å². The van der Waals surface area contributed by atoms with Crippen molar-refractivity contribution in [2.45, 2.75) is 6.92 Å². The summed E-state index contributed by atoms with van der Waals surface area (Å²) in [4.78, 5) is 15.5. The minimum atomic E-state index is -0.491. The minimum absolute atomic E-state index is 0.169. The number of ether oxygens (including phenoxy) is 1. The van der Waals surface area contributed by atoms with E-state index in [4.69, 9.17) is 4.74 Å². The Morgan fingerprint density at radius 3 is 3.13 bits per heavy atom. The van der Waals surface area contributed by atoms with Crippen molar-refractivity contribution in [1.29, 1.82) is 0 Å². The van der Waals surface area contributed by atoms with Crippen LogP contribution in [-0.2, 0) is 4.74 Å². The predicted octanol–water partition coefficient (Wildman–Crippen LogP) is 1.10. The lowest BCUT2D eigenvalue weighted by Gasteiger charge is -1.97. The van der Waals surface area contributed by atoms with Crippen molar-refractivity contribution < 1.29 is 9.53 Å². The smallest absolute Gasteiger partial charge is 0.361 e. The zero-order valence-corrected chi connectivity index (χ0v) is 8.74. The maximum Gasteiger partial charge on any atom is 0.361 e. The molecule has 0 aromatic carbocycles. The summed E-state index contributed by atoms with van der Waals surface area (Å²) in [6.07, 6.45) is 0. The normalized spacial score (nSPS) is 10.2. The fourth-order valence-electron chi connectivity index (χ4n) is 1.08. The van der Waals surface area contributed by atoms with Crippen molar-refractivity contribution in [3.8, 4) is 11.4 Å². The van der Waals surface area contributed by atoms with Gasteiger partial charge in [-0.2, -0.15) is 10.3 Å². The molecular weight excluding hydrogens is 216 g/mol. The van der Waals surface area contributed by atoms with Gasteiger partial charge >= 0.3 is 5.97 Å². The number of esters is 1. The summed E-state index contributed by atoms with van der Waals surface area (Å²) in [5.41, 5.74) is 2.88. The van der Waals surface area contributed by atoms with E-state index in [-0.39, 0.29) is 5.69 Å². The van der Waals surface area contributed by atoms with Gasteiger partial charge in [0.1, 0.15) is 11.4 Å². The molecule has 0 aliphatic carbocycles. The molecule has 2 aromatic rings. The average molecular weight is 224 g/mol. The van der Waals surface area contributed by atoms with Crippen LogP contribution in [0.25, 0.3) is 11.4 Å². The largest absolute Gasteiger partial charge is 0.461 e. The van der Waals surface area contributed by atoms with Gasteiger partial charge in [-0.25, -0.2) is 9.78 Å². The van der Waals surface area contributed by atoms with Crippen LogP contribution in [-0.4, -0.2) is 33.0 Å². The molecule has 2 rings (SSSR count). The van der Waals surface area contributed by atoms with Gasteiger partial charge in [0.25, 0.3) is 0 Å². The number of thiazole rings is 1. The number of carbonyl (C=O) groups is 1. The Balaban J connectivity index is 2.34. The third-order valence-corrected chi connectivity index (χ3v) is 2.28. The summed E-state index contributed by atoms with van der Waals surface area (Å²) in [7, 11) is 0. The van der Waals surface area contributed by atoms with Crippen LogP contribution in [0.1, 0.15) is 17.4 Å². The minimum Gasteiger partial charge on any atom is -0.461 e. The third kappa shape index (κ3) is 1.86. The van der Waals surface area contributed by atoms with Gasteiger partial charge in [0.15, 0.2) is 5.69 Å². The van der Waals surface area contributed by atoms with E-state index in [1.807, 2.05) is 0 Å². The van der Waals surface area contributed by atoms with Crippen LogP contribution < -0.4 is 0 Å². The molecule has 78 valence electrons. The first kappa shape index (κ1) is 9.78. The topological polar surface area (TPSA) is 80.8 Å². The Labute approximate surface area is 89.3 Å². The van der Waals surface area contributed by atoms with Crippen LogP contribution in [0.2, 0.25) is 0 Å². The fraction of sp³-hybridized carbons (Fsp3) is 0.250. The molecule has 6 nitrogen and oxygen atoms in total. The number of aromatic nitrogens is 4. The van der Waals surface area contributed by atoms with E-state index in [9.17, 15) is 4.79 Å². The zero-order chi connectivity index (χ0) is 10.7. The van der Waals surface area contributed by atoms with Crippen LogP contribution in [0.5, 0.6) is 0 Å². The van der Waals surface area contributed by atoms with Gasteiger partial charge in [0.05, 0.1) is 12.1 Å². The van der Waals surface area contributed by atoms with E-state index >= 15 is 0 Å². The SMILES string of the molecule is CCOC(=O)c1n[nH]nc1-c1cscn1. The number of aromatic amines is 1. The second-order valence-corrected chi connectivity index (χ2v) is 3.33. The molecule has 0 radical (unpaired) electrons. The molecule has 1 N–H and O–H groups in total. The summed E-state index contributed by atoms with van der Waals surface area (Å²) >= 11 is 1.43. The van der Waals surface area contributed by atoms with Crippen molar-refractivity contribution in [2.75, 3.05) is 6.61 Å². The number of carbonyl (C=O) groups excluding carboxylic acids is 1. The number of nitrogens with zero attached hydrogens (tertiary/aromatic N) is 3. The van der Waals surface area contributed by atoms with Crippen LogP contribution in [0.15, 0.2) is 10.9 Å². The van der Waals surface area contributed by atoms with Gasteiger partial charge in [-0.05, 0) is 6.92 Å². The highest BCUT2D eigenvalue weighted by molar-refractivity contribution is 7.07. The first-order valence-electron chi connectivity index (χ1n) is 4.29. The van der Waals surface area contributed by atoms with Crippen molar-refractivity contribution in [2.24, 2.45) is 0 Å². The van der Waals surface area contributed by atoms with Gasteiger partial charge < -0.3 is 4.74 Å². The van der Waals surface area contributed by atoms with Crippen molar-refractivity contribution >= 4 is 17.3 Å². The summed E-state index contributed by atoms with van der Waals surface area (Å²) < 4.78 is 4.84. The van der Waals surface area contributed by atoms with Gasteiger partial charge in [-0.15, -0.1) is 16.4 Å². The molecule has 0 atom stereocenters. The summed E-state index contributed by atoms with van der Waals surface area (Å²) in [6.45, 7) is 2.04. The second kappa shape index (κ2) is 4.18. The maximum absolute atomic E-state index is 11.5. The maximum atomic E-state index is 11.5. The zero-order valence-electron chi connectivity index (χ0n) is 7.93. The molecule has 0 aliphatic heterocycles. The Morgan fingerprint density at radius 1 is 1.60 bits per heavy atom. The first-order chi connectivity index (χ1) is 7.33. The molecule has 0 bridgehead atoms. The Hall–Kier alpha value is -1.76. The molecule has 2 heterocycles. The van der Waals surface area contributed by atoms with Crippen LogP contribution in [0, 0.1) is 0 Å². The molecule has 0 saturated carbocycles. The molecule has 15 heavy (non-hydrogen) atoms. The number of H-pyrrole nitrogens is 1. The molecule has 0 fully saturated rings. The second-order valence-electron chi connectivity index (χ2n) is 2.61. The summed E-state index contributed by atoms with van der Waals surface area (Å²) in [5, 5.41) is 11.8. The van der Waals surface area contributed by atoms with Crippen LogP contribution in [0.3, 0.4) is 0 Å². The van der Waals surface area contributed by atoms with Gasteiger partial charge in [0, 0.05) is 5.38 Å². The number of rotatable bonds is 3. The number of hydrogen-bond donors (Lipinski definition) is 1. The third-order valence-electron chi connectivity index (χ3n) is 1.69. The Morgan fingerprint density at radius 2 is 2.47 bits per heavy atom. The Kier molecular flexibility index (Phi) is 2.72. The van der Waals surface area contributed by atoms with Crippen molar-refractivity contribution in [1.82, 2.24) is 20.4 Å². The lowest BCUT2D eigenvalue weighted by molar-refractivity contribution is 0.0520. The van der Waals surface area contributed by atoms with Gasteiger partial charge in [-0.1, -0.05) is 0 Å². The standard InChI is InChI=1S/C8H8N4O2S/c1-2-14-8(13)7-6(10-12-11-7)5-3-15-4-9-5/h3-4H,2H2,1H3,(H,10,11,12). The highest BCUT2D eigenvalue weighted by atomic mass is 32.1. The van der Waals surface area contributed by atoms with E-state index < -0.39 is 5.97 Å². The molecule has 0 unspecified atom stereocenters. The average Bonchev–Trinajstić information content (AvgIpc) is 2.88. The molecule has 0 amide bonds. The fourth-order valence-corrected chi connectivity index (χ4v) is 1.62. The lowest BCUT2D eigenvalue weighted by atomic mass is 10.3. The van der Waals surface area contributed by atoms with E-state index in [1.165, 1.54) is 11.3 Å². The predicted molar refractivity (Wildman–Crippen MR) is 53.4 cm³/mol. The van der Waals surface area contributed by atoms with E-state index in [0.29, 0.717) is 18.0 Å². The van der Waals surface area contributed by atoms with Crippen LogP contribution in [0.4, 0.5) is 0 Å². The summed E-state index contributed by atoms with van der Waals surface area (Å²) in [5.74, 6) is -0.491. The Bertz CT molecular complexity index is 451. The van der Waals surface area contributed by atoms with Gasteiger partial charge in [-0.3, -0.25) is 0 Å². The van der Waals surface area contributed by atoms with E-state index in [1.54, 1.807) is 17.8 Å². The highest BCUT2D eigenvalue weighted by Crippen LogP contribution is 2.19. The first-order valence-corrected chi connectivity index (χ1v) is 5.23. The van der Waals surface area contributed by atoms with Crippen LogP contribution >= 0.6 is 11.3 Å². The monoisotopic (exact) mass is 224 g/mol. The lowest BCUT2D eigenvalue weighted by Crippen LogP contribution is -2.06. The molecule has 0 saturated heterocycles. The number of nitrogens with one attached hydrogen (secondary N) is 1. The molecular formula is C8H8N4O2S. The van der Waals surface area contributed by atoms with E-state index in [0.717, 1.165) is 0 Å². The quantitative estimate of drug-likeness (QED) is 0.790. The molecule has 0 spiro atoms. The molecule has 7 heteroatoms. The highest BCUT2D eigenvalue weighted by Gasteiger charge is 2.19. The number of hydrogen-bond acceptors (Lipinski definition) is 6. The molecule has 2 aromatic heterocycles. The molecule has 0 aliphatic rings. The van der Waals surface area contributed by atoms with Gasteiger partial charge in [0.2, 0.25) is 0 Å². The van der Waals surface area contributed by atoms with E-state index in [2.05, 4.69) is 20.4 Å².